The molecule has 2 saturated carbocycles. The fourth-order valence-electron chi connectivity index (χ4n) is 5.95. The van der Waals surface area contributed by atoms with Crippen molar-refractivity contribution in [3.63, 3.8) is 0 Å². The van der Waals surface area contributed by atoms with Crippen LogP contribution < -0.4 is 0 Å². The first-order valence-electron chi connectivity index (χ1n) is 9.98. The van der Waals surface area contributed by atoms with Gasteiger partial charge in [-0.2, -0.15) is 0 Å². The summed E-state index contributed by atoms with van der Waals surface area (Å²) in [5, 5.41) is 1.95. The van der Waals surface area contributed by atoms with Crippen molar-refractivity contribution in [3.05, 3.63) is 45.7 Å². The molecule has 0 amide bonds. The van der Waals surface area contributed by atoms with E-state index in [-0.39, 0.29) is 12.1 Å². The molecule has 5 rings (SSSR count). The summed E-state index contributed by atoms with van der Waals surface area (Å²) in [6, 6.07) is 3.80. The number of allylic oxidation sites excluding steroid dienone is 3. The average molecular weight is 355 g/mol. The van der Waals surface area contributed by atoms with Crippen LogP contribution in [0.25, 0.3) is 0 Å². The quantitative estimate of drug-likeness (QED) is 0.631. The van der Waals surface area contributed by atoms with Crippen LogP contribution in [0.2, 0.25) is 0 Å². The summed E-state index contributed by atoms with van der Waals surface area (Å²) in [6.07, 6.45) is 15.2. The summed E-state index contributed by atoms with van der Waals surface area (Å²) in [4.78, 5) is 13.3. The van der Waals surface area contributed by atoms with Crippen LogP contribution in [0.5, 0.6) is 0 Å². The Labute approximate surface area is 154 Å². The molecule has 1 heterocycles. The average Bonchev–Trinajstić information content (AvgIpc) is 3.33. The van der Waals surface area contributed by atoms with Crippen molar-refractivity contribution >= 4 is 17.3 Å². The number of carbonyl (C=O) groups is 1. The van der Waals surface area contributed by atoms with Gasteiger partial charge in [0.2, 0.25) is 0 Å². The lowest BCUT2D eigenvalue weighted by Crippen LogP contribution is -2.36. The third-order valence-corrected chi connectivity index (χ3v) is 7.85. The first kappa shape index (κ1) is 15.9. The highest BCUT2D eigenvalue weighted by molar-refractivity contribution is 7.11. The summed E-state index contributed by atoms with van der Waals surface area (Å²) in [5.74, 6) is 2.90. The predicted octanol–water partition coefficient (Wildman–Crippen LogP) is 5.77. The summed E-state index contributed by atoms with van der Waals surface area (Å²) in [6.45, 7) is 0. The lowest BCUT2D eigenvalue weighted by atomic mass is 9.63. The lowest BCUT2D eigenvalue weighted by molar-refractivity contribution is 0.0283. The molecule has 0 spiro atoms. The molecular formula is C22H26O2S. The molecule has 4 aliphatic rings. The van der Waals surface area contributed by atoms with E-state index in [1.807, 2.05) is 17.5 Å². The fourth-order valence-corrected chi connectivity index (χ4v) is 6.55. The Morgan fingerprint density at radius 1 is 1.08 bits per heavy atom. The first-order valence-corrected chi connectivity index (χ1v) is 10.9. The van der Waals surface area contributed by atoms with E-state index in [1.165, 1.54) is 61.9 Å². The summed E-state index contributed by atoms with van der Waals surface area (Å²) in [5.41, 5.74) is 3.05. The van der Waals surface area contributed by atoms with Gasteiger partial charge >= 0.3 is 5.97 Å². The molecule has 0 N–H and O–H groups in total. The number of hydrogen-bond donors (Lipinski definition) is 0. The van der Waals surface area contributed by atoms with E-state index in [1.54, 1.807) is 5.57 Å². The number of ether oxygens (including phenoxy) is 1. The second-order valence-electron chi connectivity index (χ2n) is 8.21. The van der Waals surface area contributed by atoms with Gasteiger partial charge in [0.25, 0.3) is 0 Å². The zero-order valence-corrected chi connectivity index (χ0v) is 15.5. The molecule has 0 saturated heterocycles. The van der Waals surface area contributed by atoms with E-state index in [9.17, 15) is 4.79 Å². The number of thiophene rings is 1. The van der Waals surface area contributed by atoms with E-state index in [4.69, 9.17) is 4.74 Å². The van der Waals surface area contributed by atoms with Crippen LogP contribution in [0.3, 0.4) is 0 Å². The molecule has 1 aromatic rings. The van der Waals surface area contributed by atoms with Crippen LogP contribution in [-0.2, 0) is 4.74 Å². The topological polar surface area (TPSA) is 26.3 Å². The second-order valence-corrected chi connectivity index (χ2v) is 9.16. The largest absolute Gasteiger partial charge is 0.454 e. The first-order chi connectivity index (χ1) is 12.3. The summed E-state index contributed by atoms with van der Waals surface area (Å²) < 4.78 is 6.05. The van der Waals surface area contributed by atoms with Crippen LogP contribution in [-0.4, -0.2) is 12.1 Å². The molecule has 3 heteroatoms. The predicted molar refractivity (Wildman–Crippen MR) is 101 cm³/mol. The van der Waals surface area contributed by atoms with Gasteiger partial charge < -0.3 is 4.74 Å². The number of fused-ring (bicyclic) bond motifs is 4. The molecule has 5 unspecified atom stereocenters. The molecule has 2 nitrogen and oxygen atoms in total. The zero-order chi connectivity index (χ0) is 16.8. The maximum atomic E-state index is 12.5. The van der Waals surface area contributed by atoms with Gasteiger partial charge in [0.05, 0.1) is 0 Å². The third-order valence-electron chi connectivity index (χ3n) is 7.00. The lowest BCUT2D eigenvalue weighted by Gasteiger charge is -2.44. The molecule has 5 atom stereocenters. The maximum Gasteiger partial charge on any atom is 0.348 e. The van der Waals surface area contributed by atoms with Crippen molar-refractivity contribution in [2.75, 3.05) is 0 Å². The second kappa shape index (κ2) is 6.42. The van der Waals surface area contributed by atoms with Gasteiger partial charge in [0, 0.05) is 0 Å². The van der Waals surface area contributed by atoms with Crippen molar-refractivity contribution in [1.82, 2.24) is 0 Å². The highest BCUT2D eigenvalue weighted by Gasteiger charge is 2.43. The van der Waals surface area contributed by atoms with Gasteiger partial charge in [-0.1, -0.05) is 24.6 Å². The molecule has 0 radical (unpaired) electrons. The smallest absolute Gasteiger partial charge is 0.348 e. The van der Waals surface area contributed by atoms with Crippen LogP contribution in [0.15, 0.2) is 40.8 Å². The SMILES string of the molecule is O=C(OC1CCCC2CCC3C(=C21)C=CC1CCCC13)c1cccs1. The van der Waals surface area contributed by atoms with Gasteiger partial charge in [0.15, 0.2) is 0 Å². The number of esters is 1. The van der Waals surface area contributed by atoms with Crippen molar-refractivity contribution in [1.29, 1.82) is 0 Å². The molecule has 4 aliphatic carbocycles. The van der Waals surface area contributed by atoms with Crippen molar-refractivity contribution < 1.29 is 9.53 Å². The maximum absolute atomic E-state index is 12.5. The number of rotatable bonds is 2. The van der Waals surface area contributed by atoms with Gasteiger partial charge in [-0.05, 0) is 91.2 Å². The normalized spacial score (nSPS) is 36.6. The molecule has 2 fully saturated rings. The van der Waals surface area contributed by atoms with Crippen LogP contribution in [0.1, 0.15) is 61.0 Å². The minimum absolute atomic E-state index is 0.00810. The Morgan fingerprint density at radius 3 is 2.88 bits per heavy atom. The molecule has 132 valence electrons. The Hall–Kier alpha value is -1.35. The van der Waals surface area contributed by atoms with E-state index in [0.29, 0.717) is 5.92 Å². The van der Waals surface area contributed by atoms with Crippen molar-refractivity contribution in [2.45, 2.75) is 57.5 Å². The molecule has 25 heavy (non-hydrogen) atoms. The number of hydrogen-bond acceptors (Lipinski definition) is 3. The molecule has 0 bridgehead atoms. The summed E-state index contributed by atoms with van der Waals surface area (Å²) in [7, 11) is 0. The Morgan fingerprint density at radius 2 is 2.00 bits per heavy atom. The van der Waals surface area contributed by atoms with Gasteiger partial charge in [-0.3, -0.25) is 0 Å². The fraction of sp³-hybridized carbons (Fsp3) is 0.591. The third kappa shape index (κ3) is 2.71. The molecule has 1 aromatic heterocycles. The van der Waals surface area contributed by atoms with Crippen molar-refractivity contribution in [2.24, 2.45) is 23.7 Å². The Kier molecular flexibility index (Phi) is 4.08. The highest BCUT2D eigenvalue weighted by Crippen LogP contribution is 2.53. The zero-order valence-electron chi connectivity index (χ0n) is 14.7. The van der Waals surface area contributed by atoms with Gasteiger partial charge in [-0.25, -0.2) is 4.79 Å². The Bertz CT molecular complexity index is 714. The van der Waals surface area contributed by atoms with Crippen LogP contribution >= 0.6 is 11.3 Å². The van der Waals surface area contributed by atoms with Gasteiger partial charge in [0.1, 0.15) is 11.0 Å². The standard InChI is InChI=1S/C22H26O2S/c23-22(20-8-3-13-25-20)24-19-7-2-5-15-10-11-17-16-6-1-4-14(16)9-12-18(17)21(15)19/h3,8-9,12-17,19H,1-2,4-7,10-11H2. The molecule has 0 aromatic carbocycles. The van der Waals surface area contributed by atoms with E-state index >= 15 is 0 Å². The van der Waals surface area contributed by atoms with Crippen LogP contribution in [0.4, 0.5) is 0 Å². The van der Waals surface area contributed by atoms with E-state index in [2.05, 4.69) is 12.2 Å². The minimum Gasteiger partial charge on any atom is -0.454 e. The monoisotopic (exact) mass is 354 g/mol. The van der Waals surface area contributed by atoms with E-state index < -0.39 is 0 Å². The highest BCUT2D eigenvalue weighted by atomic mass is 32.1. The molecule has 0 aliphatic heterocycles. The number of carbonyl (C=O) groups excluding carboxylic acids is 1. The van der Waals surface area contributed by atoms with Gasteiger partial charge in [-0.15, -0.1) is 11.3 Å². The Balaban J connectivity index is 1.48. The van der Waals surface area contributed by atoms with Crippen LogP contribution in [0, 0.1) is 23.7 Å². The molecular weight excluding hydrogens is 328 g/mol. The minimum atomic E-state index is -0.130. The summed E-state index contributed by atoms with van der Waals surface area (Å²) >= 11 is 1.48. The van der Waals surface area contributed by atoms with Crippen molar-refractivity contribution in [3.8, 4) is 0 Å². The van der Waals surface area contributed by atoms with E-state index in [0.717, 1.165) is 29.1 Å².